The number of halogens is 2. The van der Waals surface area contributed by atoms with Crippen LogP contribution < -0.4 is 5.73 Å². The van der Waals surface area contributed by atoms with E-state index in [1.807, 2.05) is 0 Å². The molecule has 0 saturated heterocycles. The molecule has 4 N–H and O–H groups in total. The Balaban J connectivity index is 2.68. The van der Waals surface area contributed by atoms with Crippen LogP contribution in [0.15, 0.2) is 22.8 Å². The lowest BCUT2D eigenvalue weighted by molar-refractivity contribution is 0.471. The van der Waals surface area contributed by atoms with Gasteiger partial charge in [0.25, 0.3) is 0 Å². The first-order valence-corrected chi connectivity index (χ1v) is 4.86. The van der Waals surface area contributed by atoms with Gasteiger partial charge in [0.15, 0.2) is 0 Å². The zero-order valence-corrected chi connectivity index (χ0v) is 9.05. The van der Waals surface area contributed by atoms with Gasteiger partial charge < -0.3 is 10.8 Å². The molecule has 0 radical (unpaired) electrons. The predicted molar refractivity (Wildman–Crippen MR) is 57.8 cm³/mol. The fourth-order valence-electron chi connectivity index (χ4n) is 1.28. The van der Waals surface area contributed by atoms with E-state index in [2.05, 4.69) is 26.1 Å². The van der Waals surface area contributed by atoms with Gasteiger partial charge in [-0.15, -0.1) is 0 Å². The van der Waals surface area contributed by atoms with Crippen LogP contribution in [-0.2, 0) is 0 Å². The number of phenols is 1. The van der Waals surface area contributed by atoms with Crippen molar-refractivity contribution >= 4 is 21.7 Å². The molecule has 0 atom stereocenters. The second-order valence-corrected chi connectivity index (χ2v) is 3.84. The molecule has 1 aromatic carbocycles. The van der Waals surface area contributed by atoms with Gasteiger partial charge in [-0.2, -0.15) is 5.10 Å². The summed E-state index contributed by atoms with van der Waals surface area (Å²) in [4.78, 5) is 0. The molecule has 0 aliphatic heterocycles. The number of hydrogen-bond acceptors (Lipinski definition) is 3. The van der Waals surface area contributed by atoms with Crippen molar-refractivity contribution in [2.45, 2.75) is 0 Å². The quantitative estimate of drug-likeness (QED) is 0.745. The second-order valence-electron chi connectivity index (χ2n) is 2.98. The summed E-state index contributed by atoms with van der Waals surface area (Å²) >= 11 is 3.05. The van der Waals surface area contributed by atoms with Gasteiger partial charge in [-0.1, -0.05) is 0 Å². The Bertz CT molecular complexity index is 512. The highest BCUT2D eigenvalue weighted by atomic mass is 79.9. The average Bonchev–Trinajstić information content (AvgIpc) is 2.58. The van der Waals surface area contributed by atoms with Crippen molar-refractivity contribution in [2.24, 2.45) is 0 Å². The summed E-state index contributed by atoms with van der Waals surface area (Å²) in [7, 11) is 0. The molecule has 78 valence electrons. The van der Waals surface area contributed by atoms with E-state index >= 15 is 0 Å². The molecule has 0 aliphatic rings. The van der Waals surface area contributed by atoms with E-state index in [9.17, 15) is 9.50 Å². The number of benzene rings is 1. The smallest absolute Gasteiger partial charge is 0.137 e. The summed E-state index contributed by atoms with van der Waals surface area (Å²) < 4.78 is 13.4. The minimum absolute atomic E-state index is 0.0653. The van der Waals surface area contributed by atoms with Crippen LogP contribution in [0.3, 0.4) is 0 Å². The van der Waals surface area contributed by atoms with Gasteiger partial charge in [-0.3, -0.25) is 5.10 Å². The molecule has 2 rings (SSSR count). The topological polar surface area (TPSA) is 74.9 Å². The van der Waals surface area contributed by atoms with Crippen LogP contribution in [0.4, 0.5) is 10.2 Å². The molecular weight excluding hydrogens is 265 g/mol. The molecule has 2 aromatic rings. The monoisotopic (exact) mass is 271 g/mol. The number of nitrogens with zero attached hydrogens (tertiary/aromatic N) is 1. The number of nitrogens with one attached hydrogen (secondary N) is 1. The number of aromatic nitrogens is 2. The van der Waals surface area contributed by atoms with Crippen LogP contribution >= 0.6 is 15.9 Å². The van der Waals surface area contributed by atoms with Crippen molar-refractivity contribution in [2.75, 3.05) is 5.73 Å². The number of hydrogen-bond donors (Lipinski definition) is 3. The minimum Gasteiger partial charge on any atom is -0.506 e. The molecule has 0 aliphatic carbocycles. The number of anilines is 1. The summed E-state index contributed by atoms with van der Waals surface area (Å²) in [6.45, 7) is 0. The lowest BCUT2D eigenvalue weighted by Crippen LogP contribution is -1.89. The molecule has 0 saturated carbocycles. The molecule has 4 nitrogen and oxygen atoms in total. The lowest BCUT2D eigenvalue weighted by Gasteiger charge is -2.05. The number of aromatic amines is 1. The maximum absolute atomic E-state index is 13.1. The number of nitrogen functional groups attached to an aromatic ring is 1. The summed E-state index contributed by atoms with van der Waals surface area (Å²) in [5.74, 6) is -0.248. The third-order valence-corrected chi connectivity index (χ3v) is 2.59. The van der Waals surface area contributed by atoms with Crippen LogP contribution in [0.2, 0.25) is 0 Å². The normalized spacial score (nSPS) is 10.5. The predicted octanol–water partition coefficient (Wildman–Crippen LogP) is 2.27. The highest BCUT2D eigenvalue weighted by Gasteiger charge is 2.13. The first kappa shape index (κ1) is 9.97. The summed E-state index contributed by atoms with van der Waals surface area (Å²) in [6, 6.07) is 2.37. The Morgan fingerprint density at radius 2 is 2.13 bits per heavy atom. The molecule has 1 heterocycles. The van der Waals surface area contributed by atoms with Gasteiger partial charge in [0.1, 0.15) is 17.4 Å². The van der Waals surface area contributed by atoms with Crippen LogP contribution in [0, 0.1) is 5.82 Å². The highest BCUT2D eigenvalue weighted by molar-refractivity contribution is 9.10. The minimum atomic E-state index is -0.463. The lowest BCUT2D eigenvalue weighted by atomic mass is 10.1. The van der Waals surface area contributed by atoms with E-state index in [1.54, 1.807) is 0 Å². The fourth-order valence-corrected chi connectivity index (χ4v) is 1.71. The molecule has 0 unspecified atom stereocenters. The van der Waals surface area contributed by atoms with Gasteiger partial charge in [0, 0.05) is 11.1 Å². The third-order valence-electron chi connectivity index (χ3n) is 1.99. The molecule has 0 fully saturated rings. The van der Waals surface area contributed by atoms with Crippen molar-refractivity contribution in [1.29, 1.82) is 0 Å². The number of phenolic OH excluding ortho intramolecular Hbond substituents is 1. The van der Waals surface area contributed by atoms with Gasteiger partial charge >= 0.3 is 0 Å². The molecule has 6 heteroatoms. The van der Waals surface area contributed by atoms with E-state index in [0.29, 0.717) is 11.1 Å². The van der Waals surface area contributed by atoms with Crippen LogP contribution in [0.1, 0.15) is 0 Å². The van der Waals surface area contributed by atoms with Gasteiger partial charge in [0.2, 0.25) is 0 Å². The number of H-pyrrole nitrogens is 1. The Hall–Kier alpha value is -1.56. The first-order valence-electron chi connectivity index (χ1n) is 4.07. The Morgan fingerprint density at radius 1 is 1.40 bits per heavy atom. The van der Waals surface area contributed by atoms with E-state index in [-0.39, 0.29) is 16.0 Å². The van der Waals surface area contributed by atoms with Crippen molar-refractivity contribution in [3.8, 4) is 16.9 Å². The van der Waals surface area contributed by atoms with E-state index in [4.69, 9.17) is 5.73 Å². The van der Waals surface area contributed by atoms with E-state index in [0.717, 1.165) is 0 Å². The number of nitrogens with two attached hydrogens (primary N) is 1. The van der Waals surface area contributed by atoms with Gasteiger partial charge in [0.05, 0.1) is 10.7 Å². The maximum atomic E-state index is 13.1. The average molecular weight is 272 g/mol. The molecule has 0 bridgehead atoms. The van der Waals surface area contributed by atoms with Gasteiger partial charge in [-0.25, -0.2) is 4.39 Å². The summed E-state index contributed by atoms with van der Waals surface area (Å²) in [5.41, 5.74) is 6.34. The maximum Gasteiger partial charge on any atom is 0.137 e. The van der Waals surface area contributed by atoms with Crippen molar-refractivity contribution in [3.63, 3.8) is 0 Å². The molecule has 15 heavy (non-hydrogen) atoms. The second kappa shape index (κ2) is 3.54. The Kier molecular flexibility index (Phi) is 2.36. The number of aromatic hydroxyl groups is 1. The van der Waals surface area contributed by atoms with Crippen LogP contribution in [0.25, 0.3) is 11.1 Å². The zero-order chi connectivity index (χ0) is 11.0. The SMILES string of the molecule is Nc1[nH]ncc1-c1cc(F)cc(Br)c1O. The summed E-state index contributed by atoms with van der Waals surface area (Å²) in [5, 5.41) is 15.9. The van der Waals surface area contributed by atoms with Crippen LogP contribution in [0.5, 0.6) is 5.75 Å². The van der Waals surface area contributed by atoms with Gasteiger partial charge in [-0.05, 0) is 28.1 Å². The first-order chi connectivity index (χ1) is 7.09. The Labute approximate surface area is 93.1 Å². The van der Waals surface area contributed by atoms with E-state index in [1.165, 1.54) is 18.3 Å². The molecular formula is C9H7BrFN3O. The molecule has 0 spiro atoms. The largest absolute Gasteiger partial charge is 0.506 e. The fraction of sp³-hybridized carbons (Fsp3) is 0. The van der Waals surface area contributed by atoms with Crippen molar-refractivity contribution < 1.29 is 9.50 Å². The highest BCUT2D eigenvalue weighted by Crippen LogP contribution is 2.37. The van der Waals surface area contributed by atoms with Crippen molar-refractivity contribution in [3.05, 3.63) is 28.6 Å². The van der Waals surface area contributed by atoms with Crippen LogP contribution in [-0.4, -0.2) is 15.3 Å². The third kappa shape index (κ3) is 1.68. The molecule has 0 amide bonds. The van der Waals surface area contributed by atoms with Crippen molar-refractivity contribution in [1.82, 2.24) is 10.2 Å². The summed E-state index contributed by atoms with van der Waals surface area (Å²) in [6.07, 6.45) is 1.43. The molecule has 1 aromatic heterocycles. The number of rotatable bonds is 1. The standard InChI is InChI=1S/C9H7BrFN3O/c10-7-2-4(11)1-5(8(7)15)6-3-13-14-9(6)12/h1-3,15H,(H3,12,13,14). The Morgan fingerprint density at radius 3 is 2.73 bits per heavy atom. The zero-order valence-electron chi connectivity index (χ0n) is 7.46. The van der Waals surface area contributed by atoms with E-state index < -0.39 is 5.82 Å².